The molecule has 1 amide bonds. The number of aromatic amines is 1. The van der Waals surface area contributed by atoms with Crippen LogP contribution in [-0.2, 0) is 11.2 Å². The summed E-state index contributed by atoms with van der Waals surface area (Å²) in [5, 5.41) is 6.92. The van der Waals surface area contributed by atoms with Gasteiger partial charge in [-0.1, -0.05) is 13.3 Å². The Kier molecular flexibility index (Phi) is 5.69. The zero-order valence-corrected chi connectivity index (χ0v) is 10.8. The van der Waals surface area contributed by atoms with Gasteiger partial charge in [-0.3, -0.25) is 9.89 Å². The summed E-state index contributed by atoms with van der Waals surface area (Å²) >= 11 is 0. The second-order valence-corrected chi connectivity index (χ2v) is 4.10. The molecule has 0 aliphatic carbocycles. The molecule has 0 saturated carbocycles. The SMILES string of the molecule is CCCc1cc(C(=O)N(C)CCCOC)n[nH]1. The van der Waals surface area contributed by atoms with Crippen LogP contribution in [0.5, 0.6) is 0 Å². The van der Waals surface area contributed by atoms with Gasteiger partial charge in [-0.2, -0.15) is 5.10 Å². The Bertz CT molecular complexity index is 349. The van der Waals surface area contributed by atoms with E-state index in [0.717, 1.165) is 25.0 Å². The largest absolute Gasteiger partial charge is 0.385 e. The molecule has 0 unspecified atom stereocenters. The second kappa shape index (κ2) is 7.06. The maximum Gasteiger partial charge on any atom is 0.274 e. The van der Waals surface area contributed by atoms with Crippen LogP contribution in [0.25, 0.3) is 0 Å². The molecule has 1 rings (SSSR count). The van der Waals surface area contributed by atoms with Crippen molar-refractivity contribution in [3.63, 3.8) is 0 Å². The number of H-pyrrole nitrogens is 1. The summed E-state index contributed by atoms with van der Waals surface area (Å²) in [5.41, 5.74) is 1.51. The number of ether oxygens (including phenoxy) is 1. The van der Waals surface area contributed by atoms with Crippen molar-refractivity contribution in [2.75, 3.05) is 27.3 Å². The normalized spacial score (nSPS) is 10.5. The third kappa shape index (κ3) is 4.19. The van der Waals surface area contributed by atoms with Crippen LogP contribution >= 0.6 is 0 Å². The number of rotatable bonds is 7. The van der Waals surface area contributed by atoms with E-state index in [1.165, 1.54) is 0 Å². The van der Waals surface area contributed by atoms with E-state index in [-0.39, 0.29) is 5.91 Å². The summed E-state index contributed by atoms with van der Waals surface area (Å²) < 4.78 is 4.95. The van der Waals surface area contributed by atoms with E-state index < -0.39 is 0 Å². The first-order valence-corrected chi connectivity index (χ1v) is 5.97. The predicted octanol–water partition coefficient (Wildman–Crippen LogP) is 1.47. The van der Waals surface area contributed by atoms with Gasteiger partial charge in [-0.15, -0.1) is 0 Å². The number of carbonyl (C=O) groups excluding carboxylic acids is 1. The summed E-state index contributed by atoms with van der Waals surface area (Å²) in [5.74, 6) is -0.0419. The summed E-state index contributed by atoms with van der Waals surface area (Å²) in [7, 11) is 3.44. The molecular formula is C12H21N3O2. The average molecular weight is 239 g/mol. The molecule has 0 radical (unpaired) electrons. The van der Waals surface area contributed by atoms with Crippen molar-refractivity contribution in [2.45, 2.75) is 26.2 Å². The molecule has 1 N–H and O–H groups in total. The Balaban J connectivity index is 2.49. The van der Waals surface area contributed by atoms with Crippen LogP contribution in [0.15, 0.2) is 6.07 Å². The highest BCUT2D eigenvalue weighted by molar-refractivity contribution is 5.92. The molecule has 1 aromatic heterocycles. The van der Waals surface area contributed by atoms with Crippen molar-refractivity contribution in [1.29, 1.82) is 0 Å². The van der Waals surface area contributed by atoms with Gasteiger partial charge >= 0.3 is 0 Å². The Labute approximate surface area is 102 Å². The minimum absolute atomic E-state index is 0.0419. The number of hydrogen-bond acceptors (Lipinski definition) is 3. The quantitative estimate of drug-likeness (QED) is 0.733. The fraction of sp³-hybridized carbons (Fsp3) is 0.667. The van der Waals surface area contributed by atoms with E-state index in [0.29, 0.717) is 18.8 Å². The molecule has 1 aromatic rings. The number of amides is 1. The van der Waals surface area contributed by atoms with Gasteiger partial charge in [0, 0.05) is 33.0 Å². The molecule has 0 aliphatic heterocycles. The van der Waals surface area contributed by atoms with Gasteiger partial charge in [0.25, 0.3) is 5.91 Å². The highest BCUT2D eigenvalue weighted by atomic mass is 16.5. The van der Waals surface area contributed by atoms with Crippen LogP contribution in [0.4, 0.5) is 0 Å². The van der Waals surface area contributed by atoms with Crippen LogP contribution in [0.1, 0.15) is 35.9 Å². The molecular weight excluding hydrogens is 218 g/mol. The molecule has 0 aromatic carbocycles. The summed E-state index contributed by atoms with van der Waals surface area (Å²) in [6.07, 6.45) is 2.80. The lowest BCUT2D eigenvalue weighted by atomic mass is 10.2. The molecule has 1 heterocycles. The average Bonchev–Trinajstić information content (AvgIpc) is 2.77. The van der Waals surface area contributed by atoms with Crippen molar-refractivity contribution < 1.29 is 9.53 Å². The molecule has 0 fully saturated rings. The first-order valence-electron chi connectivity index (χ1n) is 5.97. The highest BCUT2D eigenvalue weighted by Gasteiger charge is 2.14. The number of hydrogen-bond donors (Lipinski definition) is 1. The second-order valence-electron chi connectivity index (χ2n) is 4.10. The first kappa shape index (κ1) is 13.7. The molecule has 5 nitrogen and oxygen atoms in total. The molecule has 5 heteroatoms. The van der Waals surface area contributed by atoms with Crippen LogP contribution in [-0.4, -0.2) is 48.3 Å². The number of carbonyl (C=O) groups is 1. The molecule has 17 heavy (non-hydrogen) atoms. The topological polar surface area (TPSA) is 58.2 Å². The third-order valence-electron chi connectivity index (χ3n) is 2.56. The monoisotopic (exact) mass is 239 g/mol. The molecule has 0 bridgehead atoms. The maximum atomic E-state index is 12.0. The molecule has 0 aliphatic rings. The minimum atomic E-state index is -0.0419. The summed E-state index contributed by atoms with van der Waals surface area (Å²) in [6.45, 7) is 3.45. The van der Waals surface area contributed by atoms with Crippen LogP contribution < -0.4 is 0 Å². The third-order valence-corrected chi connectivity index (χ3v) is 2.56. The van der Waals surface area contributed by atoms with Crippen molar-refractivity contribution >= 4 is 5.91 Å². The lowest BCUT2D eigenvalue weighted by Crippen LogP contribution is -2.28. The van der Waals surface area contributed by atoms with E-state index >= 15 is 0 Å². The van der Waals surface area contributed by atoms with E-state index in [1.807, 2.05) is 6.07 Å². The lowest BCUT2D eigenvalue weighted by Gasteiger charge is -2.15. The van der Waals surface area contributed by atoms with E-state index in [2.05, 4.69) is 17.1 Å². The Morgan fingerprint density at radius 1 is 1.59 bits per heavy atom. The minimum Gasteiger partial charge on any atom is -0.385 e. The number of aromatic nitrogens is 2. The van der Waals surface area contributed by atoms with Crippen molar-refractivity contribution in [3.8, 4) is 0 Å². The molecule has 0 saturated heterocycles. The van der Waals surface area contributed by atoms with Gasteiger partial charge in [0.15, 0.2) is 0 Å². The molecule has 0 atom stereocenters. The highest BCUT2D eigenvalue weighted by Crippen LogP contribution is 2.05. The Morgan fingerprint density at radius 3 is 3.00 bits per heavy atom. The fourth-order valence-electron chi connectivity index (χ4n) is 1.61. The van der Waals surface area contributed by atoms with Crippen molar-refractivity contribution in [3.05, 3.63) is 17.5 Å². The first-order chi connectivity index (χ1) is 8.19. The molecule has 0 spiro atoms. The standard InChI is InChI=1S/C12H21N3O2/c1-4-6-10-9-11(14-13-10)12(16)15(2)7-5-8-17-3/h9H,4-8H2,1-3H3,(H,13,14). The predicted molar refractivity (Wildman–Crippen MR) is 66.0 cm³/mol. The number of aryl methyl sites for hydroxylation is 1. The fourth-order valence-corrected chi connectivity index (χ4v) is 1.61. The lowest BCUT2D eigenvalue weighted by molar-refractivity contribution is 0.0773. The van der Waals surface area contributed by atoms with Gasteiger partial charge in [-0.25, -0.2) is 0 Å². The van der Waals surface area contributed by atoms with Crippen LogP contribution in [0, 0.1) is 0 Å². The maximum absolute atomic E-state index is 12.0. The van der Waals surface area contributed by atoms with Gasteiger partial charge in [0.05, 0.1) is 0 Å². The zero-order valence-electron chi connectivity index (χ0n) is 10.8. The summed E-state index contributed by atoms with van der Waals surface area (Å²) in [6, 6.07) is 1.83. The van der Waals surface area contributed by atoms with Gasteiger partial charge in [-0.05, 0) is 18.9 Å². The molecule has 96 valence electrons. The number of nitrogens with zero attached hydrogens (tertiary/aromatic N) is 2. The van der Waals surface area contributed by atoms with Gasteiger partial charge in [0.2, 0.25) is 0 Å². The summed E-state index contributed by atoms with van der Waals surface area (Å²) in [4.78, 5) is 13.6. The Hall–Kier alpha value is -1.36. The smallest absolute Gasteiger partial charge is 0.274 e. The van der Waals surface area contributed by atoms with Crippen LogP contribution in [0.2, 0.25) is 0 Å². The zero-order chi connectivity index (χ0) is 12.7. The van der Waals surface area contributed by atoms with E-state index in [9.17, 15) is 4.79 Å². The Morgan fingerprint density at radius 2 is 2.35 bits per heavy atom. The van der Waals surface area contributed by atoms with Gasteiger partial charge < -0.3 is 9.64 Å². The van der Waals surface area contributed by atoms with E-state index in [4.69, 9.17) is 4.74 Å². The van der Waals surface area contributed by atoms with Crippen molar-refractivity contribution in [1.82, 2.24) is 15.1 Å². The number of methoxy groups -OCH3 is 1. The van der Waals surface area contributed by atoms with Gasteiger partial charge in [0.1, 0.15) is 5.69 Å². The van der Waals surface area contributed by atoms with Crippen molar-refractivity contribution in [2.24, 2.45) is 0 Å². The van der Waals surface area contributed by atoms with E-state index in [1.54, 1.807) is 19.1 Å². The van der Waals surface area contributed by atoms with Crippen LogP contribution in [0.3, 0.4) is 0 Å². The number of nitrogens with one attached hydrogen (secondary N) is 1.